The SMILES string of the molecule is CC[SiH](OC)OC.CO[SiH](C)C. The normalized spacial score (nSPS) is 10.0. The van der Waals surface area contributed by atoms with E-state index in [1.807, 2.05) is 0 Å². The van der Waals surface area contributed by atoms with Crippen LogP contribution in [0.15, 0.2) is 0 Å². The molecule has 0 aromatic heterocycles. The minimum absolute atomic E-state index is 0.650. The van der Waals surface area contributed by atoms with Gasteiger partial charge in [-0.1, -0.05) is 6.92 Å². The molecule has 0 spiro atoms. The molecule has 0 aliphatic heterocycles. The highest BCUT2D eigenvalue weighted by Crippen LogP contribution is 1.89. The Labute approximate surface area is 79.6 Å². The maximum absolute atomic E-state index is 4.97. The van der Waals surface area contributed by atoms with Crippen LogP contribution in [0.1, 0.15) is 6.92 Å². The van der Waals surface area contributed by atoms with Gasteiger partial charge in [-0.15, -0.1) is 0 Å². The summed E-state index contributed by atoms with van der Waals surface area (Å²) in [6, 6.07) is 1.05. The van der Waals surface area contributed by atoms with E-state index in [1.54, 1.807) is 21.3 Å². The Hall–Kier alpha value is 0.314. The van der Waals surface area contributed by atoms with E-state index in [1.165, 1.54) is 0 Å². The van der Waals surface area contributed by atoms with E-state index in [2.05, 4.69) is 20.0 Å². The minimum atomic E-state index is -1.17. The number of rotatable bonds is 4. The van der Waals surface area contributed by atoms with Crippen LogP contribution in [0.4, 0.5) is 0 Å². The molecule has 0 unspecified atom stereocenters. The van der Waals surface area contributed by atoms with Gasteiger partial charge in [-0.3, -0.25) is 0 Å². The third-order valence-corrected chi connectivity index (χ3v) is 3.99. The molecule has 76 valence electrons. The van der Waals surface area contributed by atoms with Crippen molar-refractivity contribution in [1.82, 2.24) is 0 Å². The van der Waals surface area contributed by atoms with Crippen molar-refractivity contribution in [1.29, 1.82) is 0 Å². The first-order chi connectivity index (χ1) is 5.62. The predicted molar refractivity (Wildman–Crippen MR) is 57.5 cm³/mol. The molecule has 0 aromatic rings. The lowest BCUT2D eigenvalue weighted by atomic mass is 11.0. The van der Waals surface area contributed by atoms with Crippen molar-refractivity contribution in [2.45, 2.75) is 26.1 Å². The van der Waals surface area contributed by atoms with Crippen LogP contribution >= 0.6 is 0 Å². The predicted octanol–water partition coefficient (Wildman–Crippen LogP) is 1.14. The summed E-state index contributed by atoms with van der Waals surface area (Å²) in [6.07, 6.45) is 0. The van der Waals surface area contributed by atoms with E-state index in [0.717, 1.165) is 6.04 Å². The molecule has 0 rings (SSSR count). The summed E-state index contributed by atoms with van der Waals surface area (Å²) in [5, 5.41) is 0. The quantitative estimate of drug-likeness (QED) is 0.651. The molecular formula is C7H22O3Si2. The van der Waals surface area contributed by atoms with Gasteiger partial charge in [0.1, 0.15) is 0 Å². The average molecular weight is 210 g/mol. The molecule has 0 heterocycles. The lowest BCUT2D eigenvalue weighted by molar-refractivity contribution is 0.279. The molecule has 0 aliphatic carbocycles. The molecule has 0 aliphatic rings. The monoisotopic (exact) mass is 210 g/mol. The van der Waals surface area contributed by atoms with Crippen molar-refractivity contribution in [2.24, 2.45) is 0 Å². The maximum atomic E-state index is 4.97. The Morgan fingerprint density at radius 2 is 1.25 bits per heavy atom. The van der Waals surface area contributed by atoms with Crippen molar-refractivity contribution >= 4 is 18.3 Å². The molecular weight excluding hydrogens is 188 g/mol. The zero-order chi connectivity index (χ0) is 9.98. The van der Waals surface area contributed by atoms with Crippen molar-refractivity contribution in [3.05, 3.63) is 0 Å². The van der Waals surface area contributed by atoms with Crippen LogP contribution in [-0.2, 0) is 13.3 Å². The largest absolute Gasteiger partial charge is 0.424 e. The second-order valence-electron chi connectivity index (χ2n) is 2.59. The van der Waals surface area contributed by atoms with Gasteiger partial charge in [0.25, 0.3) is 0 Å². The third-order valence-electron chi connectivity index (χ3n) is 1.33. The molecule has 3 nitrogen and oxygen atoms in total. The molecule has 0 saturated heterocycles. The molecule has 0 fully saturated rings. The second-order valence-corrected chi connectivity index (χ2v) is 7.78. The van der Waals surface area contributed by atoms with Gasteiger partial charge < -0.3 is 13.3 Å². The smallest absolute Gasteiger partial charge is 0.320 e. The fourth-order valence-electron chi connectivity index (χ4n) is 0.430. The summed E-state index contributed by atoms with van der Waals surface area (Å²) in [4.78, 5) is 0. The van der Waals surface area contributed by atoms with Crippen molar-refractivity contribution in [3.8, 4) is 0 Å². The molecule has 0 bridgehead atoms. The number of hydrogen-bond acceptors (Lipinski definition) is 3. The highest BCUT2D eigenvalue weighted by atomic mass is 28.3. The van der Waals surface area contributed by atoms with Gasteiger partial charge in [0.2, 0.25) is 0 Å². The van der Waals surface area contributed by atoms with Crippen molar-refractivity contribution in [2.75, 3.05) is 21.3 Å². The van der Waals surface area contributed by atoms with Crippen LogP contribution in [0.25, 0.3) is 0 Å². The van der Waals surface area contributed by atoms with Gasteiger partial charge in [0.05, 0.1) is 0 Å². The highest BCUT2D eigenvalue weighted by molar-refractivity contribution is 6.48. The Balaban J connectivity index is 0. The average Bonchev–Trinajstić information content (AvgIpc) is 2.09. The van der Waals surface area contributed by atoms with Gasteiger partial charge >= 0.3 is 9.28 Å². The molecule has 0 N–H and O–H groups in total. The third kappa shape index (κ3) is 12.9. The van der Waals surface area contributed by atoms with E-state index < -0.39 is 18.3 Å². The lowest BCUT2D eigenvalue weighted by Crippen LogP contribution is -2.16. The number of hydrogen-bond donors (Lipinski definition) is 0. The van der Waals surface area contributed by atoms with Crippen molar-refractivity contribution in [3.63, 3.8) is 0 Å². The Bertz CT molecular complexity index is 71.5. The van der Waals surface area contributed by atoms with Gasteiger partial charge in [0.15, 0.2) is 9.04 Å². The summed E-state index contributed by atoms with van der Waals surface area (Å²) in [5.41, 5.74) is 0. The molecule has 0 saturated carbocycles. The highest BCUT2D eigenvalue weighted by Gasteiger charge is 2.02. The topological polar surface area (TPSA) is 27.7 Å². The Morgan fingerprint density at radius 1 is 0.917 bits per heavy atom. The molecule has 0 aromatic carbocycles. The second kappa shape index (κ2) is 11.3. The Morgan fingerprint density at radius 3 is 1.25 bits per heavy atom. The van der Waals surface area contributed by atoms with Gasteiger partial charge in [0, 0.05) is 21.3 Å². The van der Waals surface area contributed by atoms with Gasteiger partial charge in [-0.2, -0.15) is 0 Å². The van der Waals surface area contributed by atoms with Gasteiger partial charge in [-0.25, -0.2) is 0 Å². The fourth-order valence-corrected chi connectivity index (χ4v) is 1.29. The van der Waals surface area contributed by atoms with Crippen LogP contribution in [0, 0.1) is 0 Å². The first kappa shape index (κ1) is 14.8. The molecule has 5 heteroatoms. The molecule has 0 amide bonds. The Kier molecular flexibility index (Phi) is 14.0. The maximum Gasteiger partial charge on any atom is 0.320 e. The van der Waals surface area contributed by atoms with E-state index >= 15 is 0 Å². The summed E-state index contributed by atoms with van der Waals surface area (Å²) >= 11 is 0. The summed E-state index contributed by atoms with van der Waals surface area (Å²) < 4.78 is 14.8. The van der Waals surface area contributed by atoms with E-state index in [0.29, 0.717) is 0 Å². The lowest BCUT2D eigenvalue weighted by Gasteiger charge is -2.05. The van der Waals surface area contributed by atoms with Crippen LogP contribution in [0.3, 0.4) is 0 Å². The van der Waals surface area contributed by atoms with Crippen LogP contribution < -0.4 is 0 Å². The summed E-state index contributed by atoms with van der Waals surface area (Å²) in [5.74, 6) is 0. The molecule has 12 heavy (non-hydrogen) atoms. The fraction of sp³-hybridized carbons (Fsp3) is 1.00. The molecule has 0 atom stereocenters. The zero-order valence-corrected chi connectivity index (χ0v) is 11.4. The van der Waals surface area contributed by atoms with Crippen molar-refractivity contribution < 1.29 is 13.3 Å². The van der Waals surface area contributed by atoms with Crippen LogP contribution in [0.5, 0.6) is 0 Å². The zero-order valence-electron chi connectivity index (χ0n) is 9.09. The van der Waals surface area contributed by atoms with Crippen LogP contribution in [0.2, 0.25) is 19.1 Å². The van der Waals surface area contributed by atoms with E-state index in [-0.39, 0.29) is 0 Å². The minimum Gasteiger partial charge on any atom is -0.424 e. The van der Waals surface area contributed by atoms with Gasteiger partial charge in [-0.05, 0) is 19.1 Å². The summed E-state index contributed by atoms with van der Waals surface area (Å²) in [7, 11) is 3.34. The standard InChI is InChI=1S/C4H12O2Si.C3H10OSi/c1-4-7(5-2)6-3;1-4-5(2)3/h7H,4H2,1-3H3;5H,1-3H3. The molecule has 0 radical (unpaired) electrons. The van der Waals surface area contributed by atoms with E-state index in [4.69, 9.17) is 13.3 Å². The first-order valence-corrected chi connectivity index (χ1v) is 8.74. The van der Waals surface area contributed by atoms with Crippen LogP contribution in [-0.4, -0.2) is 39.7 Å². The first-order valence-electron chi connectivity index (χ1n) is 4.20. The summed E-state index contributed by atoms with van der Waals surface area (Å²) in [6.45, 7) is 6.35. The van der Waals surface area contributed by atoms with E-state index in [9.17, 15) is 0 Å².